The summed E-state index contributed by atoms with van der Waals surface area (Å²) < 4.78 is 0. The third-order valence-corrected chi connectivity index (χ3v) is 3.94. The molecular formula is C12H23NO. The van der Waals surface area contributed by atoms with Crippen LogP contribution in [0.25, 0.3) is 0 Å². The number of nitrogens with zero attached hydrogens (tertiary/aromatic N) is 1. The molecule has 2 fully saturated rings. The van der Waals surface area contributed by atoms with Gasteiger partial charge in [-0.15, -0.1) is 0 Å². The van der Waals surface area contributed by atoms with Crippen LogP contribution in [0.3, 0.4) is 0 Å². The van der Waals surface area contributed by atoms with Gasteiger partial charge in [-0.05, 0) is 52.0 Å². The molecule has 1 aliphatic carbocycles. The third-order valence-electron chi connectivity index (χ3n) is 3.94. The van der Waals surface area contributed by atoms with Gasteiger partial charge in [-0.25, -0.2) is 0 Å². The van der Waals surface area contributed by atoms with Crippen LogP contribution in [-0.4, -0.2) is 34.7 Å². The minimum absolute atomic E-state index is 0.0251. The number of aliphatic hydroxyl groups excluding tert-OH is 1. The van der Waals surface area contributed by atoms with Crippen LogP contribution in [0.15, 0.2) is 0 Å². The monoisotopic (exact) mass is 197 g/mol. The van der Waals surface area contributed by atoms with E-state index in [-0.39, 0.29) is 6.10 Å². The maximum absolute atomic E-state index is 9.67. The first-order chi connectivity index (χ1) is 6.77. The summed E-state index contributed by atoms with van der Waals surface area (Å²) in [6, 6.07) is 1.42. The normalized spacial score (nSPS) is 41.1. The Morgan fingerprint density at radius 3 is 2.64 bits per heavy atom. The molecule has 0 amide bonds. The summed E-state index contributed by atoms with van der Waals surface area (Å²) in [6.45, 7) is 3.61. The highest BCUT2D eigenvalue weighted by Crippen LogP contribution is 2.28. The number of hydrogen-bond acceptors (Lipinski definition) is 2. The standard InChI is InChI=1S/C12H23NO/c1-10-5-2-3-8-13(10)11-6-4-7-12(14)9-11/h10-12,14H,2-9H2,1H3. The summed E-state index contributed by atoms with van der Waals surface area (Å²) in [7, 11) is 0. The van der Waals surface area contributed by atoms with E-state index < -0.39 is 0 Å². The molecule has 2 heteroatoms. The van der Waals surface area contributed by atoms with Crippen LogP contribution in [0.4, 0.5) is 0 Å². The molecule has 2 rings (SSSR count). The minimum atomic E-state index is -0.0251. The fraction of sp³-hybridized carbons (Fsp3) is 1.00. The lowest BCUT2D eigenvalue weighted by Gasteiger charge is -2.42. The van der Waals surface area contributed by atoms with Crippen molar-refractivity contribution in [3.63, 3.8) is 0 Å². The van der Waals surface area contributed by atoms with E-state index in [1.807, 2.05) is 0 Å². The molecule has 2 nitrogen and oxygen atoms in total. The van der Waals surface area contributed by atoms with Crippen molar-refractivity contribution in [1.82, 2.24) is 4.90 Å². The molecule has 82 valence electrons. The van der Waals surface area contributed by atoms with Crippen molar-refractivity contribution < 1.29 is 5.11 Å². The van der Waals surface area contributed by atoms with Crippen molar-refractivity contribution in [3.8, 4) is 0 Å². The van der Waals surface area contributed by atoms with Gasteiger partial charge in [0.15, 0.2) is 0 Å². The zero-order valence-electron chi connectivity index (χ0n) is 9.28. The van der Waals surface area contributed by atoms with Gasteiger partial charge >= 0.3 is 0 Å². The van der Waals surface area contributed by atoms with E-state index in [1.54, 1.807) is 0 Å². The van der Waals surface area contributed by atoms with Gasteiger partial charge in [0.2, 0.25) is 0 Å². The molecule has 1 N–H and O–H groups in total. The first kappa shape index (κ1) is 10.4. The molecule has 2 aliphatic rings. The van der Waals surface area contributed by atoms with E-state index in [0.717, 1.165) is 18.9 Å². The van der Waals surface area contributed by atoms with Gasteiger partial charge < -0.3 is 5.11 Å². The van der Waals surface area contributed by atoms with Crippen LogP contribution in [0, 0.1) is 0 Å². The molecule has 0 aromatic heterocycles. The zero-order chi connectivity index (χ0) is 9.97. The molecule has 1 heterocycles. The largest absolute Gasteiger partial charge is 0.393 e. The van der Waals surface area contributed by atoms with E-state index in [1.165, 1.54) is 38.6 Å². The Hall–Kier alpha value is -0.0800. The van der Waals surface area contributed by atoms with Crippen LogP contribution in [0.2, 0.25) is 0 Å². The second-order valence-corrected chi connectivity index (χ2v) is 5.06. The molecule has 0 spiro atoms. The second-order valence-electron chi connectivity index (χ2n) is 5.06. The molecular weight excluding hydrogens is 174 g/mol. The van der Waals surface area contributed by atoms with Gasteiger partial charge in [-0.2, -0.15) is 0 Å². The zero-order valence-corrected chi connectivity index (χ0v) is 9.28. The highest BCUT2D eigenvalue weighted by atomic mass is 16.3. The summed E-state index contributed by atoms with van der Waals surface area (Å²) >= 11 is 0. The minimum Gasteiger partial charge on any atom is -0.393 e. The molecule has 0 bridgehead atoms. The molecule has 3 atom stereocenters. The molecule has 3 unspecified atom stereocenters. The predicted molar refractivity (Wildman–Crippen MR) is 58.3 cm³/mol. The van der Waals surface area contributed by atoms with Crippen molar-refractivity contribution >= 4 is 0 Å². The Kier molecular flexibility index (Phi) is 3.45. The van der Waals surface area contributed by atoms with E-state index in [0.29, 0.717) is 6.04 Å². The number of likely N-dealkylation sites (tertiary alicyclic amines) is 1. The maximum atomic E-state index is 9.67. The molecule has 0 radical (unpaired) electrons. The summed E-state index contributed by atoms with van der Waals surface area (Å²) in [5.41, 5.74) is 0. The predicted octanol–water partition coefficient (Wildman–Crippen LogP) is 2.16. The van der Waals surface area contributed by atoms with Gasteiger partial charge in [0.25, 0.3) is 0 Å². The van der Waals surface area contributed by atoms with Crippen molar-refractivity contribution in [2.24, 2.45) is 0 Å². The van der Waals surface area contributed by atoms with Crippen molar-refractivity contribution in [3.05, 3.63) is 0 Å². The van der Waals surface area contributed by atoms with Crippen LogP contribution < -0.4 is 0 Å². The lowest BCUT2D eigenvalue weighted by atomic mass is 9.89. The third kappa shape index (κ3) is 2.29. The highest BCUT2D eigenvalue weighted by Gasteiger charge is 2.29. The van der Waals surface area contributed by atoms with Crippen molar-refractivity contribution in [2.75, 3.05) is 6.54 Å². The topological polar surface area (TPSA) is 23.5 Å². The summed E-state index contributed by atoms with van der Waals surface area (Å²) in [4.78, 5) is 2.64. The van der Waals surface area contributed by atoms with Gasteiger partial charge in [0.1, 0.15) is 0 Å². The van der Waals surface area contributed by atoms with Crippen molar-refractivity contribution in [1.29, 1.82) is 0 Å². The fourth-order valence-corrected chi connectivity index (χ4v) is 3.10. The van der Waals surface area contributed by atoms with E-state index in [9.17, 15) is 5.11 Å². The lowest BCUT2D eigenvalue weighted by Crippen LogP contribution is -2.47. The number of hydrogen-bond donors (Lipinski definition) is 1. The molecule has 1 saturated carbocycles. The first-order valence-corrected chi connectivity index (χ1v) is 6.21. The van der Waals surface area contributed by atoms with Gasteiger partial charge in [-0.1, -0.05) is 6.42 Å². The van der Waals surface area contributed by atoms with Crippen LogP contribution >= 0.6 is 0 Å². The maximum Gasteiger partial charge on any atom is 0.0555 e. The SMILES string of the molecule is CC1CCCCN1C1CCCC(O)C1. The van der Waals surface area contributed by atoms with E-state index in [4.69, 9.17) is 0 Å². The highest BCUT2D eigenvalue weighted by molar-refractivity contribution is 4.85. The average molecular weight is 197 g/mol. The van der Waals surface area contributed by atoms with Gasteiger partial charge in [0, 0.05) is 12.1 Å². The molecule has 1 aliphatic heterocycles. The first-order valence-electron chi connectivity index (χ1n) is 6.21. The molecule has 0 aromatic carbocycles. The van der Waals surface area contributed by atoms with Gasteiger partial charge in [-0.3, -0.25) is 4.90 Å². The molecule has 1 saturated heterocycles. The quantitative estimate of drug-likeness (QED) is 0.696. The van der Waals surface area contributed by atoms with Crippen LogP contribution in [0.1, 0.15) is 51.9 Å². The lowest BCUT2D eigenvalue weighted by molar-refractivity contribution is 0.0297. The average Bonchev–Trinajstić information content (AvgIpc) is 2.18. The van der Waals surface area contributed by atoms with Crippen molar-refractivity contribution in [2.45, 2.75) is 70.1 Å². The number of piperidine rings is 1. The Morgan fingerprint density at radius 2 is 1.93 bits per heavy atom. The van der Waals surface area contributed by atoms with Crippen LogP contribution in [-0.2, 0) is 0 Å². The Labute approximate surface area is 87.3 Å². The second kappa shape index (κ2) is 4.63. The molecule has 0 aromatic rings. The van der Waals surface area contributed by atoms with Gasteiger partial charge in [0.05, 0.1) is 6.10 Å². The molecule has 14 heavy (non-hydrogen) atoms. The smallest absolute Gasteiger partial charge is 0.0555 e. The van der Waals surface area contributed by atoms with Crippen LogP contribution in [0.5, 0.6) is 0 Å². The summed E-state index contributed by atoms with van der Waals surface area (Å²) in [5, 5.41) is 9.67. The number of aliphatic hydroxyl groups is 1. The Balaban J connectivity index is 1.91. The Morgan fingerprint density at radius 1 is 1.07 bits per heavy atom. The Bertz CT molecular complexity index is 183. The fourth-order valence-electron chi connectivity index (χ4n) is 3.10. The number of rotatable bonds is 1. The summed E-state index contributed by atoms with van der Waals surface area (Å²) in [6.07, 6.45) is 8.65. The summed E-state index contributed by atoms with van der Waals surface area (Å²) in [5.74, 6) is 0. The van der Waals surface area contributed by atoms with E-state index >= 15 is 0 Å². The van der Waals surface area contributed by atoms with E-state index in [2.05, 4.69) is 11.8 Å².